The van der Waals surface area contributed by atoms with Crippen molar-refractivity contribution in [3.8, 4) is 0 Å². The summed E-state index contributed by atoms with van der Waals surface area (Å²) < 4.78 is 20.0. The summed E-state index contributed by atoms with van der Waals surface area (Å²) in [6, 6.07) is 8.34. The fraction of sp³-hybridized carbons (Fsp3) is 0.429. The summed E-state index contributed by atoms with van der Waals surface area (Å²) in [5, 5.41) is 2.91. The van der Waals surface area contributed by atoms with E-state index in [4.69, 9.17) is 16.3 Å². The van der Waals surface area contributed by atoms with Gasteiger partial charge >= 0.3 is 0 Å². The third-order valence-corrected chi connectivity index (χ3v) is 6.79. The number of carbonyl (C=O) groups excluding carboxylic acids is 1. The van der Waals surface area contributed by atoms with Crippen LogP contribution in [0.2, 0.25) is 5.02 Å². The number of pyridine rings is 1. The van der Waals surface area contributed by atoms with Gasteiger partial charge in [0.15, 0.2) is 0 Å². The van der Waals surface area contributed by atoms with Crippen molar-refractivity contribution in [2.24, 2.45) is 23.7 Å². The molecule has 3 aliphatic rings. The Balaban J connectivity index is 1.47. The summed E-state index contributed by atoms with van der Waals surface area (Å²) in [6.07, 6.45) is 1.77. The first-order chi connectivity index (χ1) is 13.0. The molecule has 1 saturated carbocycles. The van der Waals surface area contributed by atoms with Gasteiger partial charge < -0.3 is 10.1 Å². The van der Waals surface area contributed by atoms with Gasteiger partial charge in [-0.15, -0.1) is 0 Å². The first-order valence-electron chi connectivity index (χ1n) is 9.29. The molecule has 2 aliphatic heterocycles. The van der Waals surface area contributed by atoms with Gasteiger partial charge in [0.05, 0.1) is 23.1 Å². The summed E-state index contributed by atoms with van der Waals surface area (Å²) in [5.74, 6) is 0.612. The van der Waals surface area contributed by atoms with Crippen LogP contribution in [-0.2, 0) is 9.53 Å². The molecule has 3 fully saturated rings. The van der Waals surface area contributed by atoms with Crippen LogP contribution in [0.4, 0.5) is 10.1 Å². The number of benzene rings is 1. The molecule has 1 N–H and O–H groups in total. The van der Waals surface area contributed by atoms with Crippen molar-refractivity contribution in [1.29, 1.82) is 0 Å². The number of anilines is 1. The molecule has 1 amide bonds. The maximum absolute atomic E-state index is 13.7. The highest BCUT2D eigenvalue weighted by molar-refractivity contribution is 6.30. The lowest BCUT2D eigenvalue weighted by atomic mass is 9.75. The number of fused-ring (bicyclic) bond motifs is 5. The normalized spacial score (nSPS) is 35.8. The lowest BCUT2D eigenvalue weighted by Gasteiger charge is -2.27. The Labute approximate surface area is 162 Å². The molecule has 1 aliphatic carbocycles. The first-order valence-corrected chi connectivity index (χ1v) is 9.67. The molecule has 2 saturated heterocycles. The van der Waals surface area contributed by atoms with Gasteiger partial charge in [-0.1, -0.05) is 18.5 Å². The predicted octanol–water partition coefficient (Wildman–Crippen LogP) is 4.18. The number of aromatic nitrogens is 1. The highest BCUT2D eigenvalue weighted by Gasteiger charge is 2.72. The summed E-state index contributed by atoms with van der Waals surface area (Å²) in [6.45, 7) is 4.19. The average molecular weight is 387 g/mol. The van der Waals surface area contributed by atoms with Crippen LogP contribution in [0.15, 0.2) is 36.5 Å². The second-order valence-corrected chi connectivity index (χ2v) is 8.39. The summed E-state index contributed by atoms with van der Waals surface area (Å²) in [4.78, 5) is 17.5. The Morgan fingerprint density at radius 3 is 2.74 bits per heavy atom. The van der Waals surface area contributed by atoms with Crippen molar-refractivity contribution in [2.75, 3.05) is 5.32 Å². The Morgan fingerprint density at radius 1 is 1.22 bits per heavy atom. The van der Waals surface area contributed by atoms with Crippen LogP contribution in [0.25, 0.3) is 0 Å². The van der Waals surface area contributed by atoms with Gasteiger partial charge in [-0.3, -0.25) is 9.78 Å². The minimum Gasteiger partial charge on any atom is -0.373 e. The van der Waals surface area contributed by atoms with E-state index in [1.54, 1.807) is 12.3 Å². The van der Waals surface area contributed by atoms with E-state index in [2.05, 4.69) is 17.2 Å². The van der Waals surface area contributed by atoms with Crippen LogP contribution in [0.3, 0.4) is 0 Å². The van der Waals surface area contributed by atoms with Crippen LogP contribution in [0, 0.1) is 36.4 Å². The Morgan fingerprint density at radius 2 is 2.00 bits per heavy atom. The molecule has 2 aromatic rings. The number of hydrogen-bond acceptors (Lipinski definition) is 3. The van der Waals surface area contributed by atoms with Crippen LogP contribution in [-0.4, -0.2) is 23.1 Å². The quantitative estimate of drug-likeness (QED) is 0.860. The number of amides is 1. The Bertz CT molecular complexity index is 936. The number of nitrogens with zero attached hydrogens (tertiary/aromatic N) is 1. The van der Waals surface area contributed by atoms with Crippen LogP contribution < -0.4 is 5.32 Å². The maximum Gasteiger partial charge on any atom is 0.230 e. The molecule has 140 valence electrons. The van der Waals surface area contributed by atoms with Gasteiger partial charge in [-0.2, -0.15) is 0 Å². The number of carbonyl (C=O) groups is 1. The van der Waals surface area contributed by atoms with Crippen molar-refractivity contribution < 1.29 is 13.9 Å². The maximum atomic E-state index is 13.7. The molecule has 4 nitrogen and oxygen atoms in total. The number of nitrogens with one attached hydrogen (secondary N) is 1. The van der Waals surface area contributed by atoms with Gasteiger partial charge in [0.2, 0.25) is 5.91 Å². The van der Waals surface area contributed by atoms with Crippen molar-refractivity contribution in [3.05, 3.63) is 58.6 Å². The van der Waals surface area contributed by atoms with E-state index < -0.39 is 5.82 Å². The van der Waals surface area contributed by atoms with E-state index in [9.17, 15) is 9.18 Å². The zero-order chi connectivity index (χ0) is 18.9. The molecule has 0 radical (unpaired) electrons. The van der Waals surface area contributed by atoms with E-state index in [0.29, 0.717) is 23.4 Å². The van der Waals surface area contributed by atoms with E-state index in [1.165, 1.54) is 12.1 Å². The minimum atomic E-state index is -0.546. The lowest BCUT2D eigenvalue weighted by Crippen LogP contribution is -2.37. The monoisotopic (exact) mass is 386 g/mol. The van der Waals surface area contributed by atoms with Crippen LogP contribution in [0.5, 0.6) is 0 Å². The van der Waals surface area contributed by atoms with Crippen molar-refractivity contribution in [3.63, 3.8) is 0 Å². The predicted molar refractivity (Wildman–Crippen MR) is 100 cm³/mol. The van der Waals surface area contributed by atoms with Gasteiger partial charge in [0.25, 0.3) is 0 Å². The third-order valence-electron chi connectivity index (χ3n) is 6.48. The number of halogens is 2. The molecular weight excluding hydrogens is 367 g/mol. The molecule has 6 heteroatoms. The number of aryl methyl sites for hydroxylation is 1. The molecule has 3 heterocycles. The molecule has 3 unspecified atom stereocenters. The standard InChI is InChI=1S/C21H20ClFN2O2/c1-9-7-11(5-6-24-9)17-18(20-16-10(2)15(16)19(17)27-20)21(26)25-12-3-4-13(22)14(23)8-12/h3-8,10,15-20H,1-2H3,(H,25,26)/t10?,15?,16?,17-,18-,19+,20-/m1/s1. The summed E-state index contributed by atoms with van der Waals surface area (Å²) in [7, 11) is 0. The number of hydrogen-bond donors (Lipinski definition) is 1. The lowest BCUT2D eigenvalue weighted by molar-refractivity contribution is -0.122. The van der Waals surface area contributed by atoms with E-state index in [1.807, 2.05) is 19.1 Å². The topological polar surface area (TPSA) is 51.2 Å². The van der Waals surface area contributed by atoms with Crippen molar-refractivity contribution in [1.82, 2.24) is 4.98 Å². The van der Waals surface area contributed by atoms with Crippen molar-refractivity contribution >= 4 is 23.2 Å². The highest BCUT2D eigenvalue weighted by atomic mass is 35.5. The molecule has 1 aromatic heterocycles. The Hall–Kier alpha value is -1.98. The second kappa shape index (κ2) is 6.01. The van der Waals surface area contributed by atoms with Gasteiger partial charge in [-0.25, -0.2) is 4.39 Å². The molecule has 0 spiro atoms. The average Bonchev–Trinajstić information content (AvgIpc) is 3.01. The SMILES string of the molecule is Cc1cc([C@@H]2[C@@H](C(=O)Nc3ccc(Cl)c(F)c3)[C@@H]3O[C@H]2C2C(C)C23)ccn1. The highest BCUT2D eigenvalue weighted by Crippen LogP contribution is 2.68. The summed E-state index contributed by atoms with van der Waals surface area (Å²) in [5.41, 5.74) is 2.43. The van der Waals surface area contributed by atoms with Gasteiger partial charge in [0, 0.05) is 23.5 Å². The fourth-order valence-corrected chi connectivity index (χ4v) is 5.38. The molecule has 1 aromatic carbocycles. The number of ether oxygens (including phenoxy) is 1. The zero-order valence-electron chi connectivity index (χ0n) is 15.0. The molecule has 2 bridgehead atoms. The molecule has 5 rings (SSSR count). The molecule has 7 atom stereocenters. The Kier molecular flexibility index (Phi) is 3.82. The fourth-order valence-electron chi connectivity index (χ4n) is 5.27. The largest absolute Gasteiger partial charge is 0.373 e. The molecular formula is C21H20ClFN2O2. The van der Waals surface area contributed by atoms with Crippen molar-refractivity contribution in [2.45, 2.75) is 32.0 Å². The van der Waals surface area contributed by atoms with Gasteiger partial charge in [0.1, 0.15) is 5.82 Å². The molecule has 27 heavy (non-hydrogen) atoms. The van der Waals surface area contributed by atoms with Crippen LogP contribution >= 0.6 is 11.6 Å². The summed E-state index contributed by atoms with van der Waals surface area (Å²) >= 11 is 5.74. The minimum absolute atomic E-state index is 0.0000437. The third kappa shape index (κ3) is 2.59. The van der Waals surface area contributed by atoms with Gasteiger partial charge in [-0.05, 0) is 60.6 Å². The van der Waals surface area contributed by atoms with Crippen LogP contribution in [0.1, 0.15) is 24.1 Å². The van der Waals surface area contributed by atoms with E-state index >= 15 is 0 Å². The van der Waals surface area contributed by atoms with E-state index in [0.717, 1.165) is 11.3 Å². The smallest absolute Gasteiger partial charge is 0.230 e. The number of rotatable bonds is 3. The zero-order valence-corrected chi connectivity index (χ0v) is 15.8. The van der Waals surface area contributed by atoms with E-state index in [-0.39, 0.29) is 35.0 Å². The second-order valence-electron chi connectivity index (χ2n) is 7.98. The first kappa shape index (κ1) is 17.1.